The number of hydrogen-bond donors (Lipinski definition) is 2. The molecule has 12 heteroatoms. The molecule has 0 bridgehead atoms. The van der Waals surface area contributed by atoms with Gasteiger partial charge in [0.15, 0.2) is 5.13 Å². The molecule has 1 heterocycles. The number of aryl methyl sites for hydroxylation is 1. The molecule has 204 valence electrons. The minimum atomic E-state index is -4.04. The number of carbonyl (C=O) groups excluding carboxylic acids is 1. The summed E-state index contributed by atoms with van der Waals surface area (Å²) in [6, 6.07) is 16.6. The van der Waals surface area contributed by atoms with Crippen LogP contribution in [0.3, 0.4) is 0 Å². The first-order valence-electron chi connectivity index (χ1n) is 11.7. The molecule has 1 aromatic heterocycles. The molecular formula is C27H26Cl2N4O4S2. The Bertz CT molecular complexity index is 1590. The van der Waals surface area contributed by atoms with E-state index in [-0.39, 0.29) is 16.5 Å². The third-order valence-electron chi connectivity index (χ3n) is 5.81. The van der Waals surface area contributed by atoms with E-state index >= 15 is 0 Å². The van der Waals surface area contributed by atoms with Gasteiger partial charge in [-0.1, -0.05) is 47.0 Å². The lowest BCUT2D eigenvalue weighted by atomic mass is 10.1. The molecule has 0 radical (unpaired) electrons. The van der Waals surface area contributed by atoms with E-state index in [2.05, 4.69) is 15.6 Å². The van der Waals surface area contributed by atoms with Crippen LogP contribution in [0.1, 0.15) is 11.1 Å². The van der Waals surface area contributed by atoms with E-state index in [1.54, 1.807) is 49.5 Å². The third kappa shape index (κ3) is 6.90. The van der Waals surface area contributed by atoms with Crippen LogP contribution in [0, 0.1) is 6.92 Å². The van der Waals surface area contributed by atoms with Crippen molar-refractivity contribution in [2.75, 3.05) is 31.3 Å². The van der Waals surface area contributed by atoms with Crippen LogP contribution in [0.5, 0.6) is 5.75 Å². The smallest absolute Gasteiger partial charge is 0.243 e. The average molecular weight is 606 g/mol. The lowest BCUT2D eigenvalue weighted by molar-refractivity contribution is -0.116. The Hall–Kier alpha value is -3.15. The van der Waals surface area contributed by atoms with E-state index in [1.165, 1.54) is 30.6 Å². The molecular weight excluding hydrogens is 579 g/mol. The summed E-state index contributed by atoms with van der Waals surface area (Å²) in [5.74, 6) is -0.121. The van der Waals surface area contributed by atoms with Gasteiger partial charge in [-0.2, -0.15) is 4.31 Å². The Balaban J connectivity index is 1.63. The zero-order valence-electron chi connectivity index (χ0n) is 21.4. The van der Waals surface area contributed by atoms with Gasteiger partial charge in [0.2, 0.25) is 15.9 Å². The average Bonchev–Trinajstić information content (AvgIpc) is 3.40. The highest BCUT2D eigenvalue weighted by atomic mass is 35.5. The van der Waals surface area contributed by atoms with Crippen molar-refractivity contribution >= 4 is 61.3 Å². The van der Waals surface area contributed by atoms with Crippen molar-refractivity contribution in [3.63, 3.8) is 0 Å². The van der Waals surface area contributed by atoms with Crippen molar-refractivity contribution in [3.8, 4) is 17.0 Å². The molecule has 0 aliphatic carbocycles. The highest BCUT2D eigenvalue weighted by Gasteiger charge is 2.27. The predicted octanol–water partition coefficient (Wildman–Crippen LogP) is 6.31. The number of carbonyl (C=O) groups is 1. The Morgan fingerprint density at radius 3 is 2.44 bits per heavy atom. The number of sulfonamides is 1. The van der Waals surface area contributed by atoms with E-state index in [4.69, 9.17) is 27.9 Å². The van der Waals surface area contributed by atoms with Gasteiger partial charge in [-0.3, -0.25) is 4.79 Å². The number of hydrogen-bond acceptors (Lipinski definition) is 7. The monoisotopic (exact) mass is 604 g/mol. The van der Waals surface area contributed by atoms with E-state index < -0.39 is 22.5 Å². The maximum atomic E-state index is 13.6. The Labute approximate surface area is 241 Å². The van der Waals surface area contributed by atoms with Crippen molar-refractivity contribution in [3.05, 3.63) is 87.2 Å². The zero-order chi connectivity index (χ0) is 28.2. The van der Waals surface area contributed by atoms with E-state index in [0.717, 1.165) is 26.3 Å². The number of methoxy groups -OCH3 is 1. The molecule has 0 saturated heterocycles. The maximum Gasteiger partial charge on any atom is 0.243 e. The summed E-state index contributed by atoms with van der Waals surface area (Å²) in [6.07, 6.45) is 0. The van der Waals surface area contributed by atoms with Gasteiger partial charge < -0.3 is 15.4 Å². The van der Waals surface area contributed by atoms with Crippen LogP contribution in [-0.2, 0) is 21.4 Å². The number of rotatable bonds is 10. The van der Waals surface area contributed by atoms with E-state index in [9.17, 15) is 13.2 Å². The summed E-state index contributed by atoms with van der Waals surface area (Å²) in [7, 11) is -0.764. The standard InChI is InChI=1S/C27H26Cl2N4O4S2/c1-17-4-8-20(9-5-17)39(35,36)33(14-18-6-10-21(28)22(29)12-18)15-26(34)31-23-13-19(7-11-25(23)37-3)24-16-38-27(30-2)32-24/h4-13,16H,14-15H2,1-3H3,(H,30,32)(H,31,34). The zero-order valence-corrected chi connectivity index (χ0v) is 24.5. The second-order valence-corrected chi connectivity index (χ2v) is 12.2. The molecule has 0 aliphatic rings. The summed E-state index contributed by atoms with van der Waals surface area (Å²) in [6.45, 7) is 1.32. The van der Waals surface area contributed by atoms with Gasteiger partial charge in [-0.25, -0.2) is 13.4 Å². The molecule has 0 unspecified atom stereocenters. The molecule has 0 fully saturated rings. The summed E-state index contributed by atoms with van der Waals surface area (Å²) in [4.78, 5) is 17.9. The molecule has 1 amide bonds. The quantitative estimate of drug-likeness (QED) is 0.220. The highest BCUT2D eigenvalue weighted by Crippen LogP contribution is 2.32. The first-order valence-corrected chi connectivity index (χ1v) is 14.8. The molecule has 0 spiro atoms. The maximum absolute atomic E-state index is 13.6. The van der Waals surface area contributed by atoms with Gasteiger partial charge in [-0.15, -0.1) is 11.3 Å². The molecule has 0 aliphatic heterocycles. The van der Waals surface area contributed by atoms with Gasteiger partial charge in [0.1, 0.15) is 5.75 Å². The third-order valence-corrected chi connectivity index (χ3v) is 9.21. The molecule has 0 saturated carbocycles. The lowest BCUT2D eigenvalue weighted by Crippen LogP contribution is -2.37. The van der Waals surface area contributed by atoms with Gasteiger partial charge in [0.05, 0.1) is 40.0 Å². The Kier molecular flexibility index (Phi) is 9.14. The normalized spacial score (nSPS) is 11.4. The van der Waals surface area contributed by atoms with Crippen LogP contribution >= 0.6 is 34.5 Å². The molecule has 39 heavy (non-hydrogen) atoms. The molecule has 3 aromatic carbocycles. The molecule has 2 N–H and O–H groups in total. The van der Waals surface area contributed by atoms with Crippen LogP contribution in [0.4, 0.5) is 10.8 Å². The minimum absolute atomic E-state index is 0.0735. The van der Waals surface area contributed by atoms with Gasteiger partial charge in [-0.05, 0) is 55.0 Å². The molecule has 8 nitrogen and oxygen atoms in total. The summed E-state index contributed by atoms with van der Waals surface area (Å²) in [5.41, 5.74) is 3.38. The fourth-order valence-electron chi connectivity index (χ4n) is 3.76. The number of ether oxygens (including phenoxy) is 1. The van der Waals surface area contributed by atoms with Gasteiger partial charge >= 0.3 is 0 Å². The van der Waals surface area contributed by atoms with Crippen LogP contribution < -0.4 is 15.4 Å². The van der Waals surface area contributed by atoms with E-state index in [1.807, 2.05) is 18.4 Å². The van der Waals surface area contributed by atoms with Crippen LogP contribution in [0.15, 0.2) is 70.9 Å². The first kappa shape index (κ1) is 28.8. The van der Waals surface area contributed by atoms with Crippen LogP contribution in [0.25, 0.3) is 11.3 Å². The van der Waals surface area contributed by atoms with Crippen molar-refractivity contribution in [1.82, 2.24) is 9.29 Å². The molecule has 4 aromatic rings. The highest BCUT2D eigenvalue weighted by molar-refractivity contribution is 7.89. The summed E-state index contributed by atoms with van der Waals surface area (Å²) < 4.78 is 33.8. The summed E-state index contributed by atoms with van der Waals surface area (Å²) in [5, 5.41) is 9.09. The first-order chi connectivity index (χ1) is 18.6. The number of nitrogens with one attached hydrogen (secondary N) is 2. The number of amides is 1. The minimum Gasteiger partial charge on any atom is -0.495 e. The fraction of sp³-hybridized carbons (Fsp3) is 0.185. The number of nitrogens with zero attached hydrogens (tertiary/aromatic N) is 2. The predicted molar refractivity (Wildman–Crippen MR) is 158 cm³/mol. The number of aromatic nitrogens is 1. The van der Waals surface area contributed by atoms with Crippen molar-refractivity contribution in [1.29, 1.82) is 0 Å². The van der Waals surface area contributed by atoms with Gasteiger partial charge in [0.25, 0.3) is 0 Å². The Morgan fingerprint density at radius 1 is 1.05 bits per heavy atom. The number of halogens is 2. The lowest BCUT2D eigenvalue weighted by Gasteiger charge is -2.22. The van der Waals surface area contributed by atoms with Crippen molar-refractivity contribution in [2.45, 2.75) is 18.4 Å². The number of anilines is 2. The van der Waals surface area contributed by atoms with Crippen LogP contribution in [0.2, 0.25) is 10.0 Å². The second-order valence-electron chi connectivity index (χ2n) is 8.59. The summed E-state index contributed by atoms with van der Waals surface area (Å²) >= 11 is 13.7. The van der Waals surface area contributed by atoms with Gasteiger partial charge in [0, 0.05) is 24.5 Å². The van der Waals surface area contributed by atoms with Crippen LogP contribution in [-0.4, -0.2) is 44.3 Å². The van der Waals surface area contributed by atoms with Crippen molar-refractivity contribution < 1.29 is 17.9 Å². The Morgan fingerprint density at radius 2 is 1.79 bits per heavy atom. The van der Waals surface area contributed by atoms with E-state index in [0.29, 0.717) is 22.0 Å². The topological polar surface area (TPSA) is 101 Å². The largest absolute Gasteiger partial charge is 0.495 e. The number of benzene rings is 3. The fourth-order valence-corrected chi connectivity index (χ4v) is 6.15. The molecule has 4 rings (SSSR count). The number of thiazole rings is 1. The molecule has 0 atom stereocenters. The van der Waals surface area contributed by atoms with Crippen molar-refractivity contribution in [2.24, 2.45) is 0 Å². The second kappa shape index (κ2) is 12.4. The SMILES string of the molecule is CNc1nc(-c2ccc(OC)c(NC(=O)CN(Cc3ccc(Cl)c(Cl)c3)S(=O)(=O)c3ccc(C)cc3)c2)cs1.